The number of aryl methyl sites for hydroxylation is 1. The minimum absolute atomic E-state index is 0.417. The lowest BCUT2D eigenvalue weighted by molar-refractivity contribution is 1.10. The third kappa shape index (κ3) is 2.34. The van der Waals surface area contributed by atoms with Crippen LogP contribution in [0.2, 0.25) is 0 Å². The number of benzene rings is 1. The van der Waals surface area contributed by atoms with Gasteiger partial charge in [0.2, 0.25) is 0 Å². The first-order valence-corrected chi connectivity index (χ1v) is 6.77. The summed E-state index contributed by atoms with van der Waals surface area (Å²) >= 11 is 1.62. The van der Waals surface area contributed by atoms with Crippen LogP contribution in [0, 0.1) is 6.92 Å². The molecule has 0 bridgehead atoms. The Morgan fingerprint density at radius 2 is 1.95 bits per heavy atom. The quantitative estimate of drug-likeness (QED) is 0.765. The van der Waals surface area contributed by atoms with Gasteiger partial charge in [-0.25, -0.2) is 15.0 Å². The van der Waals surface area contributed by atoms with E-state index in [1.807, 2.05) is 36.7 Å². The summed E-state index contributed by atoms with van der Waals surface area (Å²) in [4.78, 5) is 14.2. The molecule has 0 aliphatic carbocycles. The molecule has 2 heterocycles. The number of para-hydroxylation sites is 2. The standard InChI is InChI=1S/C13H13N5S/c1-8-11(19-7-16-8)6-15-13-12(14)17-9-4-2-3-5-10(9)18-13/h2-5,7H,6H2,1H3,(H2,14,17)(H,15,18). The van der Waals surface area contributed by atoms with Crippen LogP contribution in [-0.2, 0) is 6.54 Å². The van der Waals surface area contributed by atoms with Crippen LogP contribution in [0.3, 0.4) is 0 Å². The second-order valence-corrected chi connectivity index (χ2v) is 5.10. The topological polar surface area (TPSA) is 76.7 Å². The van der Waals surface area contributed by atoms with Crippen LogP contribution >= 0.6 is 11.3 Å². The fourth-order valence-corrected chi connectivity index (χ4v) is 2.52. The van der Waals surface area contributed by atoms with Gasteiger partial charge in [0, 0.05) is 4.88 Å². The summed E-state index contributed by atoms with van der Waals surface area (Å²) in [7, 11) is 0. The number of thiazole rings is 1. The number of anilines is 2. The van der Waals surface area contributed by atoms with Crippen molar-refractivity contribution >= 4 is 34.0 Å². The number of rotatable bonds is 3. The normalized spacial score (nSPS) is 10.8. The van der Waals surface area contributed by atoms with Crippen molar-refractivity contribution in [3.05, 3.63) is 40.3 Å². The van der Waals surface area contributed by atoms with E-state index in [1.54, 1.807) is 11.3 Å². The molecule has 5 nitrogen and oxygen atoms in total. The smallest absolute Gasteiger partial charge is 0.169 e. The molecule has 19 heavy (non-hydrogen) atoms. The first-order chi connectivity index (χ1) is 9.24. The minimum atomic E-state index is 0.417. The molecule has 0 radical (unpaired) electrons. The first kappa shape index (κ1) is 11.9. The Bertz CT molecular complexity index is 722. The number of nitrogens with two attached hydrogens (primary N) is 1. The lowest BCUT2D eigenvalue weighted by atomic mass is 10.3. The molecule has 0 unspecified atom stereocenters. The van der Waals surface area contributed by atoms with E-state index in [1.165, 1.54) is 4.88 Å². The lowest BCUT2D eigenvalue weighted by Crippen LogP contribution is -2.06. The average molecular weight is 271 g/mol. The highest BCUT2D eigenvalue weighted by Crippen LogP contribution is 2.20. The Kier molecular flexibility index (Phi) is 3.00. The molecule has 2 aromatic heterocycles. The van der Waals surface area contributed by atoms with Crippen LogP contribution in [0.15, 0.2) is 29.8 Å². The van der Waals surface area contributed by atoms with Crippen molar-refractivity contribution in [3.8, 4) is 0 Å². The molecule has 3 aromatic rings. The Balaban J connectivity index is 1.88. The molecule has 0 fully saturated rings. The molecule has 3 rings (SSSR count). The zero-order valence-corrected chi connectivity index (χ0v) is 11.2. The molecule has 0 saturated heterocycles. The number of nitrogens with one attached hydrogen (secondary N) is 1. The molecular formula is C13H13N5S. The average Bonchev–Trinajstić information content (AvgIpc) is 2.82. The van der Waals surface area contributed by atoms with Crippen molar-refractivity contribution < 1.29 is 0 Å². The van der Waals surface area contributed by atoms with E-state index in [4.69, 9.17) is 5.73 Å². The van der Waals surface area contributed by atoms with Gasteiger partial charge in [-0.2, -0.15) is 0 Å². The third-order valence-electron chi connectivity index (χ3n) is 2.86. The summed E-state index contributed by atoms with van der Waals surface area (Å²) in [5.41, 5.74) is 10.4. The summed E-state index contributed by atoms with van der Waals surface area (Å²) in [5.74, 6) is 1.03. The maximum absolute atomic E-state index is 5.92. The van der Waals surface area contributed by atoms with Crippen molar-refractivity contribution in [3.63, 3.8) is 0 Å². The Morgan fingerprint density at radius 3 is 2.63 bits per heavy atom. The van der Waals surface area contributed by atoms with E-state index >= 15 is 0 Å². The Morgan fingerprint density at radius 1 is 1.21 bits per heavy atom. The molecule has 1 aromatic carbocycles. The summed E-state index contributed by atoms with van der Waals surface area (Å²) in [6.07, 6.45) is 0. The van der Waals surface area contributed by atoms with Crippen molar-refractivity contribution in [2.24, 2.45) is 0 Å². The van der Waals surface area contributed by atoms with Crippen molar-refractivity contribution in [1.82, 2.24) is 15.0 Å². The minimum Gasteiger partial charge on any atom is -0.381 e. The van der Waals surface area contributed by atoms with Gasteiger partial charge in [-0.15, -0.1) is 11.3 Å². The highest BCUT2D eigenvalue weighted by molar-refractivity contribution is 7.09. The van der Waals surface area contributed by atoms with Gasteiger partial charge in [-0.1, -0.05) is 12.1 Å². The second kappa shape index (κ2) is 4.81. The van der Waals surface area contributed by atoms with Crippen LogP contribution in [0.25, 0.3) is 11.0 Å². The van der Waals surface area contributed by atoms with E-state index in [0.717, 1.165) is 16.7 Å². The molecular weight excluding hydrogens is 258 g/mol. The van der Waals surface area contributed by atoms with Crippen LogP contribution in [-0.4, -0.2) is 15.0 Å². The summed E-state index contributed by atoms with van der Waals surface area (Å²) in [5, 5.41) is 3.22. The van der Waals surface area contributed by atoms with E-state index in [9.17, 15) is 0 Å². The zero-order chi connectivity index (χ0) is 13.2. The van der Waals surface area contributed by atoms with Crippen LogP contribution in [0.5, 0.6) is 0 Å². The van der Waals surface area contributed by atoms with Crippen LogP contribution in [0.1, 0.15) is 10.6 Å². The summed E-state index contributed by atoms with van der Waals surface area (Å²) in [6.45, 7) is 2.65. The number of fused-ring (bicyclic) bond motifs is 1. The summed E-state index contributed by atoms with van der Waals surface area (Å²) < 4.78 is 0. The lowest BCUT2D eigenvalue weighted by Gasteiger charge is -2.08. The molecule has 0 saturated carbocycles. The van der Waals surface area contributed by atoms with Crippen LogP contribution in [0.4, 0.5) is 11.6 Å². The van der Waals surface area contributed by atoms with Gasteiger partial charge in [-0.3, -0.25) is 0 Å². The molecule has 0 aliphatic rings. The van der Waals surface area contributed by atoms with Gasteiger partial charge in [-0.05, 0) is 19.1 Å². The predicted molar refractivity (Wildman–Crippen MR) is 78.1 cm³/mol. The molecule has 6 heteroatoms. The van der Waals surface area contributed by atoms with Gasteiger partial charge in [0.05, 0.1) is 28.8 Å². The third-order valence-corrected chi connectivity index (χ3v) is 3.79. The molecule has 0 aliphatic heterocycles. The largest absolute Gasteiger partial charge is 0.381 e. The molecule has 3 N–H and O–H groups in total. The monoisotopic (exact) mass is 271 g/mol. The van der Waals surface area contributed by atoms with Crippen molar-refractivity contribution in [1.29, 1.82) is 0 Å². The number of hydrogen-bond acceptors (Lipinski definition) is 6. The molecule has 96 valence electrons. The van der Waals surface area contributed by atoms with Gasteiger partial charge < -0.3 is 11.1 Å². The SMILES string of the molecule is Cc1ncsc1CNc1nc2ccccc2nc1N. The van der Waals surface area contributed by atoms with Gasteiger partial charge in [0.15, 0.2) is 11.6 Å². The fourth-order valence-electron chi connectivity index (χ4n) is 1.80. The highest BCUT2D eigenvalue weighted by Gasteiger charge is 2.07. The first-order valence-electron chi connectivity index (χ1n) is 5.89. The number of nitrogen functional groups attached to an aromatic ring is 1. The second-order valence-electron chi connectivity index (χ2n) is 4.16. The van der Waals surface area contributed by atoms with E-state index < -0.39 is 0 Å². The molecule has 0 atom stereocenters. The number of nitrogens with zero attached hydrogens (tertiary/aromatic N) is 3. The van der Waals surface area contributed by atoms with Crippen molar-refractivity contribution in [2.45, 2.75) is 13.5 Å². The van der Waals surface area contributed by atoms with Gasteiger partial charge in [0.25, 0.3) is 0 Å². The summed E-state index contributed by atoms with van der Waals surface area (Å²) in [6, 6.07) is 7.68. The molecule has 0 amide bonds. The zero-order valence-electron chi connectivity index (χ0n) is 10.4. The maximum atomic E-state index is 5.92. The maximum Gasteiger partial charge on any atom is 0.169 e. The van der Waals surface area contributed by atoms with E-state index in [0.29, 0.717) is 18.2 Å². The van der Waals surface area contributed by atoms with Crippen LogP contribution < -0.4 is 11.1 Å². The number of hydrogen-bond donors (Lipinski definition) is 2. The van der Waals surface area contributed by atoms with Gasteiger partial charge in [0.1, 0.15) is 0 Å². The Hall–Kier alpha value is -2.21. The highest BCUT2D eigenvalue weighted by atomic mass is 32.1. The van der Waals surface area contributed by atoms with E-state index in [-0.39, 0.29) is 0 Å². The van der Waals surface area contributed by atoms with Gasteiger partial charge >= 0.3 is 0 Å². The fraction of sp³-hybridized carbons (Fsp3) is 0.154. The van der Waals surface area contributed by atoms with E-state index in [2.05, 4.69) is 20.3 Å². The predicted octanol–water partition coefficient (Wildman–Crippen LogP) is 2.59. The van der Waals surface area contributed by atoms with Crippen molar-refractivity contribution in [2.75, 3.05) is 11.1 Å². The Labute approximate surface area is 114 Å². The number of aromatic nitrogens is 3. The molecule has 0 spiro atoms.